The van der Waals surface area contributed by atoms with Crippen molar-refractivity contribution in [1.82, 2.24) is 15.3 Å². The fourth-order valence-electron chi connectivity index (χ4n) is 3.27. The molecule has 160 valence electrons. The fourth-order valence-corrected chi connectivity index (χ4v) is 3.48. The summed E-state index contributed by atoms with van der Waals surface area (Å²) < 4.78 is 5.37. The number of hydrogen-bond acceptors (Lipinski definition) is 4. The Morgan fingerprint density at radius 2 is 2.00 bits per heavy atom. The number of nitrogens with zero attached hydrogens (tertiary/aromatic N) is 2. The van der Waals surface area contributed by atoms with Gasteiger partial charge in [-0.1, -0.05) is 29.8 Å². The Hall–Kier alpha value is -2.05. The van der Waals surface area contributed by atoms with Crippen LogP contribution in [0.15, 0.2) is 36.4 Å². The predicted molar refractivity (Wildman–Crippen MR) is 116 cm³/mol. The molecule has 2 amide bonds. The molecular formula is C22H32ClN3O3. The molecule has 2 rings (SSSR count). The highest BCUT2D eigenvalue weighted by Crippen LogP contribution is 2.15. The minimum atomic E-state index is -0.598. The summed E-state index contributed by atoms with van der Waals surface area (Å²) in [6.45, 7) is 9.81. The van der Waals surface area contributed by atoms with Crippen molar-refractivity contribution >= 4 is 23.6 Å². The monoisotopic (exact) mass is 421 g/mol. The number of amides is 2. The molecule has 1 aromatic rings. The molecule has 0 aromatic heterocycles. The Kier molecular flexibility index (Phi) is 8.53. The summed E-state index contributed by atoms with van der Waals surface area (Å²) >= 11 is 6.09. The minimum absolute atomic E-state index is 0.0866. The Bertz CT molecular complexity index is 724. The molecular weight excluding hydrogens is 390 g/mol. The summed E-state index contributed by atoms with van der Waals surface area (Å²) in [5.41, 5.74) is 0.362. The summed E-state index contributed by atoms with van der Waals surface area (Å²) in [6, 6.07) is 7.06. The van der Waals surface area contributed by atoms with Crippen molar-refractivity contribution in [3.8, 4) is 0 Å². The van der Waals surface area contributed by atoms with E-state index in [4.69, 9.17) is 16.3 Å². The molecule has 1 atom stereocenters. The number of alkyl carbamates (subject to hydrolysis) is 1. The largest absolute Gasteiger partial charge is 0.444 e. The van der Waals surface area contributed by atoms with Crippen LogP contribution in [0.2, 0.25) is 5.02 Å². The van der Waals surface area contributed by atoms with Crippen molar-refractivity contribution in [3.05, 3.63) is 47.0 Å². The minimum Gasteiger partial charge on any atom is -0.444 e. The molecule has 7 heteroatoms. The highest BCUT2D eigenvalue weighted by Gasteiger charge is 2.22. The molecule has 1 N–H and O–H groups in total. The van der Waals surface area contributed by atoms with Gasteiger partial charge in [-0.3, -0.25) is 9.80 Å². The van der Waals surface area contributed by atoms with Crippen LogP contribution < -0.4 is 5.32 Å². The number of rotatable bonds is 7. The van der Waals surface area contributed by atoms with Crippen molar-refractivity contribution < 1.29 is 14.3 Å². The Labute approximate surface area is 178 Å². The van der Waals surface area contributed by atoms with Crippen LogP contribution in [0.1, 0.15) is 46.1 Å². The summed E-state index contributed by atoms with van der Waals surface area (Å²) in [5.74, 6) is -0.0866. The second-order valence-corrected chi connectivity index (χ2v) is 8.60. The number of halogens is 1. The van der Waals surface area contributed by atoms with E-state index >= 15 is 0 Å². The van der Waals surface area contributed by atoms with E-state index in [9.17, 15) is 9.59 Å². The van der Waals surface area contributed by atoms with Gasteiger partial charge in [0.15, 0.2) is 0 Å². The highest BCUT2D eigenvalue weighted by atomic mass is 35.5. The van der Waals surface area contributed by atoms with Gasteiger partial charge in [0.1, 0.15) is 5.60 Å². The number of carbonyl (C=O) groups is 2. The van der Waals surface area contributed by atoms with Gasteiger partial charge in [-0.05, 0) is 64.7 Å². The lowest BCUT2D eigenvalue weighted by atomic mass is 10.1. The van der Waals surface area contributed by atoms with Crippen LogP contribution in [-0.4, -0.2) is 53.3 Å². The molecule has 1 aromatic carbocycles. The number of hydrazine groups is 1. The number of ether oxygens (including phenoxy) is 1. The van der Waals surface area contributed by atoms with E-state index in [1.165, 1.54) is 6.08 Å². The van der Waals surface area contributed by atoms with Crippen molar-refractivity contribution in [3.63, 3.8) is 0 Å². The molecule has 1 heterocycles. The second kappa shape index (κ2) is 10.6. The van der Waals surface area contributed by atoms with Gasteiger partial charge in [0.25, 0.3) is 5.91 Å². The lowest BCUT2D eigenvalue weighted by Gasteiger charge is -2.29. The third kappa shape index (κ3) is 8.07. The molecule has 0 unspecified atom stereocenters. The summed E-state index contributed by atoms with van der Waals surface area (Å²) in [7, 11) is 0. The third-order valence-corrected chi connectivity index (χ3v) is 4.73. The fraction of sp³-hybridized carbons (Fsp3) is 0.545. The highest BCUT2D eigenvalue weighted by molar-refractivity contribution is 6.30. The number of likely N-dealkylation sites (N-methyl/N-ethyl adjacent to an activating group) is 1. The maximum atomic E-state index is 12.7. The first-order valence-corrected chi connectivity index (χ1v) is 10.5. The average Bonchev–Trinajstić information content (AvgIpc) is 3.13. The molecule has 0 spiro atoms. The zero-order valence-corrected chi connectivity index (χ0v) is 18.5. The van der Waals surface area contributed by atoms with Crippen LogP contribution in [0.4, 0.5) is 4.79 Å². The Morgan fingerprint density at radius 1 is 1.31 bits per heavy atom. The number of hydrogen-bond donors (Lipinski definition) is 1. The van der Waals surface area contributed by atoms with E-state index in [1.54, 1.807) is 17.2 Å². The van der Waals surface area contributed by atoms with Crippen molar-refractivity contribution in [2.75, 3.05) is 19.6 Å². The zero-order chi connectivity index (χ0) is 21.4. The molecule has 1 aliphatic rings. The number of nitrogens with one attached hydrogen (secondary N) is 1. The maximum Gasteiger partial charge on any atom is 0.408 e. The van der Waals surface area contributed by atoms with Crippen molar-refractivity contribution in [2.24, 2.45) is 0 Å². The van der Waals surface area contributed by atoms with Crippen molar-refractivity contribution in [1.29, 1.82) is 0 Å². The van der Waals surface area contributed by atoms with Gasteiger partial charge >= 0.3 is 6.09 Å². The van der Waals surface area contributed by atoms with Gasteiger partial charge < -0.3 is 10.1 Å². The Balaban J connectivity index is 2.11. The maximum absolute atomic E-state index is 12.7. The molecule has 1 aliphatic heterocycles. The van der Waals surface area contributed by atoms with Crippen LogP contribution >= 0.6 is 11.6 Å². The zero-order valence-electron chi connectivity index (χ0n) is 17.8. The van der Waals surface area contributed by atoms with E-state index in [1.807, 2.05) is 45.9 Å². The normalized spacial score (nSPS) is 16.0. The van der Waals surface area contributed by atoms with Crippen LogP contribution in [-0.2, 0) is 16.0 Å². The van der Waals surface area contributed by atoms with E-state index in [2.05, 4.69) is 10.3 Å². The van der Waals surface area contributed by atoms with Gasteiger partial charge in [0.05, 0.1) is 6.04 Å². The second-order valence-electron chi connectivity index (χ2n) is 8.16. The first-order chi connectivity index (χ1) is 13.7. The standard InChI is InChI=1S/C22H32ClN3O3/c1-5-26(25-13-6-7-14-25)20(27)12-11-19(24-21(28)29-22(2,3)4)16-17-9-8-10-18(23)15-17/h8-12,15,19H,5-7,13-14,16H2,1-4H3,(H,24,28)/t19-/m1/s1. The van der Waals surface area contributed by atoms with Crippen LogP contribution in [0.25, 0.3) is 0 Å². The third-order valence-electron chi connectivity index (χ3n) is 4.50. The summed E-state index contributed by atoms with van der Waals surface area (Å²) in [4.78, 5) is 25.0. The van der Waals surface area contributed by atoms with Crippen LogP contribution in [0, 0.1) is 0 Å². The molecule has 0 radical (unpaired) electrons. The van der Waals surface area contributed by atoms with Crippen molar-refractivity contribution in [2.45, 2.75) is 58.6 Å². The predicted octanol–water partition coefficient (Wildman–Crippen LogP) is 4.19. The number of carbonyl (C=O) groups excluding carboxylic acids is 2. The molecule has 1 fully saturated rings. The van der Waals surface area contributed by atoms with Gasteiger partial charge in [-0.2, -0.15) is 0 Å². The molecule has 0 saturated carbocycles. The van der Waals surface area contributed by atoms with Crippen LogP contribution in [0.5, 0.6) is 0 Å². The number of benzene rings is 1. The first-order valence-electron chi connectivity index (χ1n) is 10.2. The average molecular weight is 422 g/mol. The molecule has 1 saturated heterocycles. The van der Waals surface area contributed by atoms with Gasteiger partial charge in [-0.15, -0.1) is 0 Å². The van der Waals surface area contributed by atoms with Gasteiger partial charge in [0.2, 0.25) is 0 Å². The lowest BCUT2D eigenvalue weighted by Crippen LogP contribution is -2.44. The summed E-state index contributed by atoms with van der Waals surface area (Å²) in [5, 5.41) is 7.32. The molecule has 6 nitrogen and oxygen atoms in total. The quantitative estimate of drug-likeness (QED) is 0.670. The van der Waals surface area contributed by atoms with Crippen LogP contribution in [0.3, 0.4) is 0 Å². The van der Waals surface area contributed by atoms with E-state index in [0.29, 0.717) is 18.0 Å². The van der Waals surface area contributed by atoms with E-state index < -0.39 is 17.7 Å². The lowest BCUT2D eigenvalue weighted by molar-refractivity contribution is -0.141. The Morgan fingerprint density at radius 3 is 2.59 bits per heavy atom. The SMILES string of the molecule is CCN(C(=O)C=C[C@H](Cc1cccc(Cl)c1)NC(=O)OC(C)(C)C)N1CCCC1. The topological polar surface area (TPSA) is 61.9 Å². The van der Waals surface area contributed by atoms with Gasteiger partial charge in [-0.25, -0.2) is 9.80 Å². The van der Waals surface area contributed by atoms with E-state index in [-0.39, 0.29) is 5.91 Å². The molecule has 0 bridgehead atoms. The van der Waals surface area contributed by atoms with E-state index in [0.717, 1.165) is 31.5 Å². The molecule has 0 aliphatic carbocycles. The summed E-state index contributed by atoms with van der Waals surface area (Å²) in [6.07, 6.45) is 5.45. The molecule has 29 heavy (non-hydrogen) atoms. The first kappa shape index (κ1) is 23.2. The van der Waals surface area contributed by atoms with Gasteiger partial charge in [0, 0.05) is 30.7 Å². The smallest absolute Gasteiger partial charge is 0.408 e.